The van der Waals surface area contributed by atoms with Crippen LogP contribution in [0.5, 0.6) is 5.75 Å². The molecule has 0 saturated heterocycles. The first-order chi connectivity index (χ1) is 12.4. The molecule has 0 spiro atoms. The molecule has 0 aliphatic rings. The average molecular weight is 383 g/mol. The van der Waals surface area contributed by atoms with E-state index in [0.717, 1.165) is 11.6 Å². The van der Waals surface area contributed by atoms with E-state index < -0.39 is 18.0 Å². The Hall–Kier alpha value is -2.88. The number of aryl methyl sites for hydroxylation is 1. The van der Waals surface area contributed by atoms with E-state index in [1.54, 1.807) is 0 Å². The molecule has 6 nitrogen and oxygen atoms in total. The predicted octanol–water partition coefficient (Wildman–Crippen LogP) is 4.27. The highest BCUT2D eigenvalue weighted by Crippen LogP contribution is 2.30. The Balaban J connectivity index is 1.58. The van der Waals surface area contributed by atoms with E-state index in [9.17, 15) is 18.0 Å². The summed E-state index contributed by atoms with van der Waals surface area (Å²) in [7, 11) is 0. The van der Waals surface area contributed by atoms with Gasteiger partial charge in [-0.3, -0.25) is 4.79 Å². The van der Waals surface area contributed by atoms with E-state index >= 15 is 0 Å². The zero-order valence-electron chi connectivity index (χ0n) is 13.1. The second kappa shape index (κ2) is 7.56. The van der Waals surface area contributed by atoms with Crippen molar-refractivity contribution in [2.24, 2.45) is 0 Å². The molecule has 3 rings (SSSR count). The second-order valence-corrected chi connectivity index (χ2v) is 5.89. The Morgan fingerprint density at radius 3 is 2.77 bits per heavy atom. The molecule has 1 aromatic carbocycles. The van der Waals surface area contributed by atoms with Crippen LogP contribution >= 0.6 is 11.3 Å². The fourth-order valence-corrected chi connectivity index (χ4v) is 2.70. The smallest absolute Gasteiger partial charge is 0.421 e. The van der Waals surface area contributed by atoms with Crippen LogP contribution < -0.4 is 10.1 Å². The number of nitrogens with one attached hydrogen (secondary N) is 1. The minimum Gasteiger partial charge on any atom is -0.421 e. The summed E-state index contributed by atoms with van der Waals surface area (Å²) in [6.07, 6.45) is -4.72. The van der Waals surface area contributed by atoms with Gasteiger partial charge in [0.05, 0.1) is 5.69 Å². The molecule has 0 bridgehead atoms. The van der Waals surface area contributed by atoms with E-state index in [1.807, 2.05) is 16.8 Å². The lowest BCUT2D eigenvalue weighted by Gasteiger charge is -2.13. The SMILES string of the molecule is O=C(CCc1nnc(-c2ccsc2)o1)Nc1ccccc1OC(F)(F)F. The van der Waals surface area contributed by atoms with Gasteiger partial charge in [0.25, 0.3) is 0 Å². The summed E-state index contributed by atoms with van der Waals surface area (Å²) in [5.41, 5.74) is 0.718. The lowest BCUT2D eigenvalue weighted by Crippen LogP contribution is -2.19. The first-order valence-electron chi connectivity index (χ1n) is 7.40. The highest BCUT2D eigenvalue weighted by atomic mass is 32.1. The molecule has 136 valence electrons. The van der Waals surface area contributed by atoms with Gasteiger partial charge in [-0.15, -0.1) is 23.4 Å². The number of rotatable bonds is 6. The van der Waals surface area contributed by atoms with Gasteiger partial charge in [0.15, 0.2) is 5.75 Å². The van der Waals surface area contributed by atoms with Gasteiger partial charge >= 0.3 is 6.36 Å². The predicted molar refractivity (Wildman–Crippen MR) is 87.7 cm³/mol. The number of hydrogen-bond donors (Lipinski definition) is 1. The molecule has 0 atom stereocenters. The monoisotopic (exact) mass is 383 g/mol. The van der Waals surface area contributed by atoms with Crippen molar-refractivity contribution in [2.45, 2.75) is 19.2 Å². The van der Waals surface area contributed by atoms with Crippen LogP contribution in [0.2, 0.25) is 0 Å². The lowest BCUT2D eigenvalue weighted by atomic mass is 10.2. The third-order valence-corrected chi connectivity index (χ3v) is 3.87. The Morgan fingerprint density at radius 1 is 1.23 bits per heavy atom. The maximum Gasteiger partial charge on any atom is 0.573 e. The number of anilines is 1. The summed E-state index contributed by atoms with van der Waals surface area (Å²) < 4.78 is 46.5. The minimum absolute atomic E-state index is 0.0361. The highest BCUT2D eigenvalue weighted by molar-refractivity contribution is 7.08. The molecule has 1 amide bonds. The zero-order valence-corrected chi connectivity index (χ0v) is 13.9. The number of hydrogen-bond acceptors (Lipinski definition) is 6. The van der Waals surface area contributed by atoms with Crippen LogP contribution in [0.25, 0.3) is 11.5 Å². The molecule has 26 heavy (non-hydrogen) atoms. The number of alkyl halides is 3. The molecule has 0 fully saturated rings. The zero-order chi connectivity index (χ0) is 18.6. The van der Waals surface area contributed by atoms with Crippen molar-refractivity contribution in [1.82, 2.24) is 10.2 Å². The van der Waals surface area contributed by atoms with Gasteiger partial charge in [0, 0.05) is 23.8 Å². The van der Waals surface area contributed by atoms with Crippen molar-refractivity contribution >= 4 is 22.9 Å². The summed E-state index contributed by atoms with van der Waals surface area (Å²) in [6, 6.07) is 7.13. The minimum atomic E-state index is -4.84. The van der Waals surface area contributed by atoms with E-state index in [-0.39, 0.29) is 24.4 Å². The van der Waals surface area contributed by atoms with Crippen LogP contribution in [-0.2, 0) is 11.2 Å². The summed E-state index contributed by atoms with van der Waals surface area (Å²) in [4.78, 5) is 12.0. The molecule has 0 aliphatic heterocycles. The Morgan fingerprint density at radius 2 is 2.04 bits per heavy atom. The van der Waals surface area contributed by atoms with E-state index in [1.165, 1.54) is 29.5 Å². The molecule has 0 unspecified atom stereocenters. The standard InChI is InChI=1S/C16H12F3N3O3S/c17-16(18,19)25-12-4-2-1-3-11(12)20-13(23)5-6-14-21-22-15(24-14)10-7-8-26-9-10/h1-4,7-9H,5-6H2,(H,20,23). The van der Waals surface area contributed by atoms with Crippen LogP contribution in [0.15, 0.2) is 45.5 Å². The first kappa shape index (κ1) is 17.9. The fraction of sp³-hybridized carbons (Fsp3) is 0.188. The largest absolute Gasteiger partial charge is 0.573 e. The van der Waals surface area contributed by atoms with E-state index in [0.29, 0.717) is 5.89 Å². The van der Waals surface area contributed by atoms with Crippen molar-refractivity contribution in [2.75, 3.05) is 5.32 Å². The maximum atomic E-state index is 12.4. The summed E-state index contributed by atoms with van der Waals surface area (Å²) in [6.45, 7) is 0. The van der Waals surface area contributed by atoms with Crippen molar-refractivity contribution in [3.8, 4) is 17.2 Å². The average Bonchev–Trinajstić information content (AvgIpc) is 3.24. The van der Waals surface area contributed by atoms with Gasteiger partial charge in [-0.2, -0.15) is 11.3 Å². The van der Waals surface area contributed by atoms with Crippen molar-refractivity contribution in [3.05, 3.63) is 47.0 Å². The third-order valence-electron chi connectivity index (χ3n) is 3.19. The second-order valence-electron chi connectivity index (χ2n) is 5.11. The Labute approximate surface area is 149 Å². The molecule has 10 heteroatoms. The van der Waals surface area contributed by atoms with Gasteiger partial charge in [0.2, 0.25) is 17.7 Å². The number of nitrogens with zero attached hydrogens (tertiary/aromatic N) is 2. The molecule has 0 radical (unpaired) electrons. The number of benzene rings is 1. The number of carbonyl (C=O) groups is 1. The molecular formula is C16H12F3N3O3S. The number of amides is 1. The summed E-state index contributed by atoms with van der Waals surface area (Å²) in [5.74, 6) is -0.365. The molecule has 1 N–H and O–H groups in total. The number of carbonyl (C=O) groups excluding carboxylic acids is 1. The van der Waals surface area contributed by atoms with Crippen LogP contribution in [-0.4, -0.2) is 22.5 Å². The number of halogens is 3. The van der Waals surface area contributed by atoms with Crippen molar-refractivity contribution in [1.29, 1.82) is 0 Å². The number of ether oxygens (including phenoxy) is 1. The molecule has 0 aliphatic carbocycles. The maximum absolute atomic E-state index is 12.4. The van der Waals surface area contributed by atoms with Crippen LogP contribution in [0.3, 0.4) is 0 Å². The lowest BCUT2D eigenvalue weighted by molar-refractivity contribution is -0.274. The van der Waals surface area contributed by atoms with Gasteiger partial charge in [-0.25, -0.2) is 0 Å². The Kier molecular flexibility index (Phi) is 5.21. The summed E-state index contributed by atoms with van der Waals surface area (Å²) >= 11 is 1.48. The van der Waals surface area contributed by atoms with Crippen molar-refractivity contribution in [3.63, 3.8) is 0 Å². The van der Waals surface area contributed by atoms with Gasteiger partial charge < -0.3 is 14.5 Å². The first-order valence-corrected chi connectivity index (χ1v) is 8.34. The van der Waals surface area contributed by atoms with Crippen molar-refractivity contribution < 1.29 is 27.1 Å². The van der Waals surface area contributed by atoms with Gasteiger partial charge in [-0.1, -0.05) is 12.1 Å². The van der Waals surface area contributed by atoms with Crippen LogP contribution in [0, 0.1) is 0 Å². The molecule has 2 aromatic heterocycles. The van der Waals surface area contributed by atoms with Crippen LogP contribution in [0.4, 0.5) is 18.9 Å². The van der Waals surface area contributed by atoms with E-state index in [4.69, 9.17) is 4.42 Å². The fourth-order valence-electron chi connectivity index (χ4n) is 2.07. The van der Waals surface area contributed by atoms with Gasteiger partial charge in [-0.05, 0) is 23.6 Å². The molecular weight excluding hydrogens is 371 g/mol. The van der Waals surface area contributed by atoms with E-state index in [2.05, 4.69) is 20.3 Å². The molecule has 0 saturated carbocycles. The molecule has 2 heterocycles. The number of thiophene rings is 1. The highest BCUT2D eigenvalue weighted by Gasteiger charge is 2.32. The van der Waals surface area contributed by atoms with Crippen LogP contribution in [0.1, 0.15) is 12.3 Å². The number of para-hydroxylation sites is 2. The Bertz CT molecular complexity index is 878. The summed E-state index contributed by atoms with van der Waals surface area (Å²) in [5, 5.41) is 13.8. The third kappa shape index (κ3) is 4.82. The normalized spacial score (nSPS) is 11.3. The quantitative estimate of drug-likeness (QED) is 0.688. The number of aromatic nitrogens is 2. The molecule has 3 aromatic rings. The van der Waals surface area contributed by atoms with Gasteiger partial charge in [0.1, 0.15) is 0 Å². The topological polar surface area (TPSA) is 77.2 Å².